The summed E-state index contributed by atoms with van der Waals surface area (Å²) >= 11 is 0. The summed E-state index contributed by atoms with van der Waals surface area (Å²) in [4.78, 5) is 27.2. The number of hydrogen-bond donors (Lipinski definition) is 0. The number of carbonyl (C=O) groups excluding carboxylic acids is 2. The van der Waals surface area contributed by atoms with Gasteiger partial charge in [-0.2, -0.15) is 10.4 Å². The van der Waals surface area contributed by atoms with Crippen LogP contribution in [0.25, 0.3) is 27.7 Å². The number of carbonyl (C=O) groups is 2. The van der Waals surface area contributed by atoms with E-state index in [-0.39, 0.29) is 18.0 Å². The smallest absolute Gasteiger partial charge is 0.358 e. The summed E-state index contributed by atoms with van der Waals surface area (Å²) in [6.07, 6.45) is 0.242. The van der Waals surface area contributed by atoms with Gasteiger partial charge < -0.3 is 19.1 Å². The summed E-state index contributed by atoms with van der Waals surface area (Å²) in [6, 6.07) is 20.1. The van der Waals surface area contributed by atoms with Crippen LogP contribution in [0.4, 0.5) is 0 Å². The van der Waals surface area contributed by atoms with Gasteiger partial charge in [0.25, 0.3) is 5.91 Å². The Morgan fingerprint density at radius 2 is 1.65 bits per heavy atom. The molecular formula is C28H26N4O5. The van der Waals surface area contributed by atoms with Crippen LogP contribution in [0.1, 0.15) is 27.3 Å². The molecule has 0 unspecified atom stereocenters. The minimum absolute atomic E-state index is 0.103. The second-order valence-corrected chi connectivity index (χ2v) is 8.17. The molecule has 0 saturated heterocycles. The van der Waals surface area contributed by atoms with E-state index in [1.54, 1.807) is 56.3 Å². The van der Waals surface area contributed by atoms with Crippen LogP contribution in [0, 0.1) is 11.3 Å². The highest BCUT2D eigenvalue weighted by Crippen LogP contribution is 2.40. The molecule has 1 amide bonds. The van der Waals surface area contributed by atoms with Crippen LogP contribution >= 0.6 is 0 Å². The first-order chi connectivity index (χ1) is 17.9. The number of nitriles is 1. The summed E-state index contributed by atoms with van der Waals surface area (Å²) in [5, 5.41) is 14.9. The standard InChI is InChI=1S/C28H26N4O5/c1-31(16-8-15-29)27(33)20-13-14-22(19-10-6-5-9-18(19)20)32-23(17-21(30-32)28(34)37-4)26-24(35-2)11-7-12-25(26)36-3/h5-7,9-14,17H,8,16H2,1-4H3. The molecule has 188 valence electrons. The molecule has 4 rings (SSSR count). The molecule has 9 heteroatoms. The van der Waals surface area contributed by atoms with Crippen molar-refractivity contribution in [3.05, 3.63) is 71.9 Å². The molecule has 1 aromatic heterocycles. The van der Waals surface area contributed by atoms with Crippen LogP contribution < -0.4 is 9.47 Å². The lowest BCUT2D eigenvalue weighted by molar-refractivity contribution is 0.0593. The van der Waals surface area contributed by atoms with Gasteiger partial charge in [-0.25, -0.2) is 9.48 Å². The zero-order valence-corrected chi connectivity index (χ0v) is 21.0. The van der Waals surface area contributed by atoms with E-state index in [4.69, 9.17) is 19.5 Å². The molecule has 9 nitrogen and oxygen atoms in total. The maximum Gasteiger partial charge on any atom is 0.358 e. The first-order valence-electron chi connectivity index (χ1n) is 11.5. The lowest BCUT2D eigenvalue weighted by Crippen LogP contribution is -2.27. The number of amides is 1. The molecule has 37 heavy (non-hydrogen) atoms. The summed E-state index contributed by atoms with van der Waals surface area (Å²) in [5.41, 5.74) is 2.40. The Labute approximate surface area is 214 Å². The predicted molar refractivity (Wildman–Crippen MR) is 138 cm³/mol. The zero-order valence-electron chi connectivity index (χ0n) is 21.0. The molecule has 4 aromatic rings. The Hall–Kier alpha value is -4.84. The molecule has 0 fully saturated rings. The summed E-state index contributed by atoms with van der Waals surface area (Å²) in [5.74, 6) is 0.281. The maximum absolute atomic E-state index is 13.2. The molecule has 1 heterocycles. The molecular weight excluding hydrogens is 472 g/mol. The number of benzene rings is 3. The van der Waals surface area contributed by atoms with E-state index < -0.39 is 5.97 Å². The van der Waals surface area contributed by atoms with Gasteiger partial charge >= 0.3 is 5.97 Å². The number of ether oxygens (including phenoxy) is 3. The van der Waals surface area contributed by atoms with Gasteiger partial charge in [0.05, 0.1) is 50.8 Å². The number of methoxy groups -OCH3 is 3. The molecule has 0 saturated carbocycles. The van der Waals surface area contributed by atoms with Gasteiger partial charge in [0.1, 0.15) is 11.5 Å². The van der Waals surface area contributed by atoms with E-state index in [1.165, 1.54) is 12.0 Å². The van der Waals surface area contributed by atoms with Gasteiger partial charge in [-0.3, -0.25) is 4.79 Å². The van der Waals surface area contributed by atoms with E-state index in [0.29, 0.717) is 45.9 Å². The van der Waals surface area contributed by atoms with Crippen LogP contribution in [-0.4, -0.2) is 61.5 Å². The first-order valence-corrected chi connectivity index (χ1v) is 11.5. The fraction of sp³-hybridized carbons (Fsp3) is 0.214. The lowest BCUT2D eigenvalue weighted by Gasteiger charge is -2.19. The normalized spacial score (nSPS) is 10.6. The average Bonchev–Trinajstić information content (AvgIpc) is 3.38. The Morgan fingerprint density at radius 1 is 0.973 bits per heavy atom. The Kier molecular flexibility index (Phi) is 7.39. The van der Waals surface area contributed by atoms with E-state index in [1.807, 2.05) is 30.3 Å². The SMILES string of the molecule is COC(=O)c1cc(-c2c(OC)cccc2OC)n(-c2ccc(C(=O)N(C)CCC#N)c3ccccc23)n1. The molecule has 0 spiro atoms. The predicted octanol–water partition coefficient (Wildman–Crippen LogP) is 4.48. The van der Waals surface area contributed by atoms with Gasteiger partial charge in [0.15, 0.2) is 5.69 Å². The second-order valence-electron chi connectivity index (χ2n) is 8.17. The van der Waals surface area contributed by atoms with Crippen LogP contribution in [0.3, 0.4) is 0 Å². The number of rotatable bonds is 8. The Bertz CT molecular complexity index is 1500. The minimum Gasteiger partial charge on any atom is -0.496 e. The van der Waals surface area contributed by atoms with Crippen LogP contribution in [0.2, 0.25) is 0 Å². The Balaban J connectivity index is 1.98. The van der Waals surface area contributed by atoms with Crippen molar-refractivity contribution in [2.24, 2.45) is 0 Å². The van der Waals surface area contributed by atoms with Gasteiger partial charge in [0, 0.05) is 24.5 Å². The van der Waals surface area contributed by atoms with E-state index in [9.17, 15) is 9.59 Å². The van der Waals surface area contributed by atoms with Crippen LogP contribution in [0.5, 0.6) is 11.5 Å². The number of nitrogens with zero attached hydrogens (tertiary/aromatic N) is 4. The Morgan fingerprint density at radius 3 is 2.27 bits per heavy atom. The van der Waals surface area contributed by atoms with Gasteiger partial charge in [-0.1, -0.05) is 30.3 Å². The molecule has 0 aliphatic heterocycles. The van der Waals surface area contributed by atoms with E-state index in [2.05, 4.69) is 11.2 Å². The molecule has 0 atom stereocenters. The number of fused-ring (bicyclic) bond motifs is 1. The van der Waals surface area contributed by atoms with Crippen molar-refractivity contribution < 1.29 is 23.8 Å². The van der Waals surface area contributed by atoms with Crippen molar-refractivity contribution >= 4 is 22.6 Å². The fourth-order valence-electron chi connectivity index (χ4n) is 4.23. The van der Waals surface area contributed by atoms with Gasteiger partial charge in [-0.15, -0.1) is 0 Å². The summed E-state index contributed by atoms with van der Waals surface area (Å²) in [7, 11) is 6.07. The molecule has 0 aliphatic carbocycles. The topological polar surface area (TPSA) is 107 Å². The van der Waals surface area contributed by atoms with Crippen molar-refractivity contribution in [2.45, 2.75) is 6.42 Å². The van der Waals surface area contributed by atoms with Gasteiger partial charge in [-0.05, 0) is 35.7 Å². The highest BCUT2D eigenvalue weighted by Gasteiger charge is 2.24. The monoisotopic (exact) mass is 498 g/mol. The summed E-state index contributed by atoms with van der Waals surface area (Å²) < 4.78 is 17.8. The maximum atomic E-state index is 13.2. The number of hydrogen-bond acceptors (Lipinski definition) is 7. The van der Waals surface area contributed by atoms with Gasteiger partial charge in [0.2, 0.25) is 0 Å². The quantitative estimate of drug-likeness (QED) is 0.330. The number of aromatic nitrogens is 2. The highest BCUT2D eigenvalue weighted by molar-refractivity contribution is 6.09. The number of esters is 1. The minimum atomic E-state index is -0.593. The van der Waals surface area contributed by atoms with Crippen molar-refractivity contribution in [3.8, 4) is 34.5 Å². The zero-order chi connectivity index (χ0) is 26.5. The summed E-state index contributed by atoms with van der Waals surface area (Å²) in [6.45, 7) is 0.324. The fourth-order valence-corrected chi connectivity index (χ4v) is 4.23. The molecule has 0 N–H and O–H groups in total. The second kappa shape index (κ2) is 10.8. The average molecular weight is 499 g/mol. The molecule has 0 aliphatic rings. The molecule has 0 bridgehead atoms. The molecule has 3 aromatic carbocycles. The van der Waals surface area contributed by atoms with E-state index >= 15 is 0 Å². The largest absolute Gasteiger partial charge is 0.496 e. The third-order valence-electron chi connectivity index (χ3n) is 6.05. The lowest BCUT2D eigenvalue weighted by atomic mass is 10.0. The van der Waals surface area contributed by atoms with Crippen LogP contribution in [0.15, 0.2) is 60.7 Å². The van der Waals surface area contributed by atoms with E-state index in [0.717, 1.165) is 5.39 Å². The van der Waals surface area contributed by atoms with Crippen molar-refractivity contribution in [1.29, 1.82) is 5.26 Å². The molecule has 0 radical (unpaired) electrons. The van der Waals surface area contributed by atoms with Crippen molar-refractivity contribution in [2.75, 3.05) is 34.9 Å². The third-order valence-corrected chi connectivity index (χ3v) is 6.05. The third kappa shape index (κ3) is 4.69. The first kappa shape index (κ1) is 25.3. The van der Waals surface area contributed by atoms with Crippen LogP contribution in [-0.2, 0) is 4.74 Å². The highest BCUT2D eigenvalue weighted by atomic mass is 16.5. The van der Waals surface area contributed by atoms with Crippen molar-refractivity contribution in [3.63, 3.8) is 0 Å². The van der Waals surface area contributed by atoms with Crippen molar-refractivity contribution in [1.82, 2.24) is 14.7 Å².